The van der Waals surface area contributed by atoms with E-state index >= 15 is 0 Å². The Hall–Kier alpha value is -1.30. The molecule has 1 fully saturated rings. The third-order valence-corrected chi connectivity index (χ3v) is 4.10. The van der Waals surface area contributed by atoms with Crippen LogP contribution < -0.4 is 10.6 Å². The van der Waals surface area contributed by atoms with Gasteiger partial charge in [-0.3, -0.25) is 14.7 Å². The molecule has 0 spiro atoms. The summed E-state index contributed by atoms with van der Waals surface area (Å²) in [6, 6.07) is 0. The molecule has 0 atom stereocenters. The summed E-state index contributed by atoms with van der Waals surface area (Å²) >= 11 is 0. The van der Waals surface area contributed by atoms with E-state index in [4.69, 9.17) is 4.99 Å². The minimum atomic E-state index is -0.491. The number of aliphatic imine (C=N–C) groups is 1. The number of guanidine groups is 1. The molecule has 0 bridgehead atoms. The average Bonchev–Trinajstić information content (AvgIpc) is 2.51. The molecule has 0 aromatic carbocycles. The summed E-state index contributed by atoms with van der Waals surface area (Å²) < 4.78 is 0. The quantitative estimate of drug-likeness (QED) is 0.565. The van der Waals surface area contributed by atoms with E-state index in [-0.39, 0.29) is 5.91 Å². The second-order valence-electron chi connectivity index (χ2n) is 7.31. The zero-order valence-electron chi connectivity index (χ0n) is 15.8. The van der Waals surface area contributed by atoms with Crippen LogP contribution in [0.1, 0.15) is 34.6 Å². The highest BCUT2D eigenvalue weighted by Crippen LogP contribution is 2.16. The number of amides is 1. The molecule has 1 aliphatic rings. The molecule has 0 saturated carbocycles. The summed E-state index contributed by atoms with van der Waals surface area (Å²) in [5.41, 5.74) is -0.491. The highest BCUT2D eigenvalue weighted by Gasteiger charge is 2.27. The van der Waals surface area contributed by atoms with Gasteiger partial charge in [0, 0.05) is 46.3 Å². The van der Waals surface area contributed by atoms with Gasteiger partial charge in [0.25, 0.3) is 0 Å². The summed E-state index contributed by atoms with van der Waals surface area (Å²) in [4.78, 5) is 21.4. The molecule has 6 nitrogen and oxygen atoms in total. The Bertz CT molecular complexity index is 398. The van der Waals surface area contributed by atoms with Gasteiger partial charge in [-0.1, -0.05) is 13.8 Å². The fourth-order valence-electron chi connectivity index (χ4n) is 2.77. The zero-order valence-corrected chi connectivity index (χ0v) is 15.8. The van der Waals surface area contributed by atoms with Gasteiger partial charge >= 0.3 is 0 Å². The van der Waals surface area contributed by atoms with E-state index in [0.717, 1.165) is 45.2 Å². The molecule has 6 heteroatoms. The van der Waals surface area contributed by atoms with E-state index < -0.39 is 5.41 Å². The Morgan fingerprint density at radius 3 is 2.30 bits per heavy atom. The van der Waals surface area contributed by atoms with Gasteiger partial charge in [0.05, 0.1) is 12.0 Å². The lowest BCUT2D eigenvalue weighted by Gasteiger charge is -2.37. The first-order valence-corrected chi connectivity index (χ1v) is 8.78. The van der Waals surface area contributed by atoms with Crippen molar-refractivity contribution in [3.05, 3.63) is 0 Å². The van der Waals surface area contributed by atoms with Crippen molar-refractivity contribution in [3.8, 4) is 0 Å². The summed E-state index contributed by atoms with van der Waals surface area (Å²) in [7, 11) is 1.67. The third kappa shape index (κ3) is 6.37. The van der Waals surface area contributed by atoms with Crippen LogP contribution in [0.4, 0.5) is 0 Å². The first kappa shape index (κ1) is 19.7. The van der Waals surface area contributed by atoms with Gasteiger partial charge in [-0.05, 0) is 26.7 Å². The predicted octanol–water partition coefficient (Wildman–Crippen LogP) is 0.998. The lowest BCUT2D eigenvalue weighted by molar-refractivity contribution is -0.128. The molecule has 0 radical (unpaired) electrons. The number of rotatable bonds is 6. The molecule has 2 N–H and O–H groups in total. The van der Waals surface area contributed by atoms with Gasteiger partial charge in [-0.25, -0.2) is 0 Å². The van der Waals surface area contributed by atoms with Crippen LogP contribution in [0.2, 0.25) is 0 Å². The first-order valence-electron chi connectivity index (χ1n) is 8.78. The Morgan fingerprint density at radius 1 is 1.22 bits per heavy atom. The maximum Gasteiger partial charge on any atom is 0.227 e. The number of piperazine rings is 1. The van der Waals surface area contributed by atoms with Crippen LogP contribution in [0.3, 0.4) is 0 Å². The molecule has 0 unspecified atom stereocenters. The fraction of sp³-hybridized carbons (Fsp3) is 0.882. The fourth-order valence-corrected chi connectivity index (χ4v) is 2.77. The Labute approximate surface area is 141 Å². The number of hydrogen-bond acceptors (Lipinski definition) is 3. The van der Waals surface area contributed by atoms with Gasteiger partial charge in [-0.15, -0.1) is 0 Å². The molecule has 1 saturated heterocycles. The highest BCUT2D eigenvalue weighted by atomic mass is 16.2. The minimum Gasteiger partial charge on any atom is -0.359 e. The van der Waals surface area contributed by atoms with Crippen LogP contribution >= 0.6 is 0 Å². The molecule has 1 amide bonds. The summed E-state index contributed by atoms with van der Waals surface area (Å²) in [5, 5.41) is 6.08. The Morgan fingerprint density at radius 2 is 1.83 bits per heavy atom. The van der Waals surface area contributed by atoms with Crippen molar-refractivity contribution in [2.75, 3.05) is 52.9 Å². The molecule has 1 rings (SSSR count). The van der Waals surface area contributed by atoms with Crippen molar-refractivity contribution in [3.63, 3.8) is 0 Å². The normalized spacial score (nSPS) is 17.5. The van der Waals surface area contributed by atoms with Crippen LogP contribution in [-0.2, 0) is 4.79 Å². The van der Waals surface area contributed by atoms with E-state index in [0.29, 0.717) is 12.5 Å². The molecule has 1 heterocycles. The summed E-state index contributed by atoms with van der Waals surface area (Å²) in [6.45, 7) is 17.1. The molecular formula is C17H35N5O. The summed E-state index contributed by atoms with van der Waals surface area (Å²) in [5.74, 6) is 1.66. The highest BCUT2D eigenvalue weighted by molar-refractivity contribution is 5.83. The number of carbonyl (C=O) groups is 1. The second-order valence-corrected chi connectivity index (χ2v) is 7.31. The molecule has 0 aromatic rings. The average molecular weight is 326 g/mol. The van der Waals surface area contributed by atoms with Crippen molar-refractivity contribution in [2.45, 2.75) is 34.6 Å². The maximum absolute atomic E-state index is 11.9. The molecule has 1 aliphatic heterocycles. The minimum absolute atomic E-state index is 0.0267. The lowest BCUT2D eigenvalue weighted by atomic mass is 9.93. The molecule has 0 aliphatic carbocycles. The predicted molar refractivity (Wildman–Crippen MR) is 96.7 cm³/mol. The van der Waals surface area contributed by atoms with Gasteiger partial charge in [0.2, 0.25) is 5.91 Å². The van der Waals surface area contributed by atoms with Gasteiger partial charge < -0.3 is 15.5 Å². The molecule has 134 valence electrons. The van der Waals surface area contributed by atoms with E-state index in [9.17, 15) is 4.79 Å². The standard InChI is InChI=1S/C17H35N5O/c1-7-19-16(20-13-17(4,5)15(23)18-6)22-10-8-21(9-11-22)12-14(2)3/h14H,7-13H2,1-6H3,(H,18,23)(H,19,20). The smallest absolute Gasteiger partial charge is 0.227 e. The van der Waals surface area contributed by atoms with Crippen molar-refractivity contribution in [2.24, 2.45) is 16.3 Å². The number of carbonyl (C=O) groups excluding carboxylic acids is 1. The monoisotopic (exact) mass is 325 g/mol. The van der Waals surface area contributed by atoms with Crippen molar-refractivity contribution < 1.29 is 4.79 Å². The SMILES string of the molecule is CCNC(=NCC(C)(C)C(=O)NC)N1CCN(CC(C)C)CC1. The van der Waals surface area contributed by atoms with Crippen molar-refractivity contribution in [1.82, 2.24) is 20.4 Å². The molecule has 0 aromatic heterocycles. The number of hydrogen-bond donors (Lipinski definition) is 2. The van der Waals surface area contributed by atoms with E-state index in [2.05, 4.69) is 41.2 Å². The first-order chi connectivity index (χ1) is 10.8. The van der Waals surface area contributed by atoms with Crippen LogP contribution in [0, 0.1) is 11.3 Å². The van der Waals surface area contributed by atoms with Gasteiger partial charge in [0.1, 0.15) is 0 Å². The topological polar surface area (TPSA) is 60.0 Å². The van der Waals surface area contributed by atoms with Crippen LogP contribution in [0.15, 0.2) is 4.99 Å². The van der Waals surface area contributed by atoms with Gasteiger partial charge in [-0.2, -0.15) is 0 Å². The lowest BCUT2D eigenvalue weighted by Crippen LogP contribution is -2.53. The summed E-state index contributed by atoms with van der Waals surface area (Å²) in [6.07, 6.45) is 0. The van der Waals surface area contributed by atoms with Crippen LogP contribution in [-0.4, -0.2) is 74.5 Å². The van der Waals surface area contributed by atoms with Crippen molar-refractivity contribution >= 4 is 11.9 Å². The number of nitrogens with zero attached hydrogens (tertiary/aromatic N) is 3. The second kappa shape index (κ2) is 9.11. The zero-order chi connectivity index (χ0) is 17.5. The van der Waals surface area contributed by atoms with Gasteiger partial charge in [0.15, 0.2) is 5.96 Å². The Kier molecular flexibility index (Phi) is 7.82. The largest absolute Gasteiger partial charge is 0.359 e. The van der Waals surface area contributed by atoms with E-state index in [1.807, 2.05) is 13.8 Å². The van der Waals surface area contributed by atoms with E-state index in [1.165, 1.54) is 0 Å². The van der Waals surface area contributed by atoms with Crippen LogP contribution in [0.5, 0.6) is 0 Å². The van der Waals surface area contributed by atoms with Crippen LogP contribution in [0.25, 0.3) is 0 Å². The van der Waals surface area contributed by atoms with Crippen molar-refractivity contribution in [1.29, 1.82) is 0 Å². The third-order valence-electron chi connectivity index (χ3n) is 4.10. The maximum atomic E-state index is 11.9. The number of nitrogens with one attached hydrogen (secondary N) is 2. The Balaban J connectivity index is 2.65. The van der Waals surface area contributed by atoms with E-state index in [1.54, 1.807) is 7.05 Å². The molecular weight excluding hydrogens is 290 g/mol. The molecule has 23 heavy (non-hydrogen) atoms.